The Morgan fingerprint density at radius 1 is 1.11 bits per heavy atom. The Kier molecular flexibility index (Phi) is 4.25. The van der Waals surface area contributed by atoms with Crippen molar-refractivity contribution in [3.8, 4) is 5.75 Å². The summed E-state index contributed by atoms with van der Waals surface area (Å²) in [7, 11) is 1.65. The fourth-order valence-electron chi connectivity index (χ4n) is 2.54. The minimum absolute atomic E-state index is 0.000885. The third kappa shape index (κ3) is 2.65. The highest BCUT2D eigenvalue weighted by Gasteiger charge is 2.11. The van der Waals surface area contributed by atoms with E-state index in [2.05, 4.69) is 18.8 Å². The fourth-order valence-corrected chi connectivity index (χ4v) is 2.54. The number of nitrogens with one attached hydrogen (secondary N) is 1. The number of fused-ring (bicyclic) bond motifs is 1. The maximum Gasteiger partial charge on any atom is 0.256 e. The minimum atomic E-state index is 0.000885. The predicted molar refractivity (Wildman–Crippen MR) is 79.1 cm³/mol. The zero-order chi connectivity index (χ0) is 13.8. The molecule has 0 bridgehead atoms. The highest BCUT2D eigenvalue weighted by atomic mass is 16.5. The van der Waals surface area contributed by atoms with Crippen LogP contribution in [0.15, 0.2) is 23.0 Å². The van der Waals surface area contributed by atoms with Gasteiger partial charge >= 0.3 is 0 Å². The molecule has 3 heteroatoms. The molecule has 0 radical (unpaired) electrons. The molecule has 0 amide bonds. The lowest BCUT2D eigenvalue weighted by Crippen LogP contribution is -2.13. The molecule has 102 valence electrons. The van der Waals surface area contributed by atoms with Crippen molar-refractivity contribution in [2.75, 3.05) is 7.11 Å². The minimum Gasteiger partial charge on any atom is -0.497 e. The number of H-pyrrole nitrogens is 1. The molecule has 0 unspecified atom stereocenters. The van der Waals surface area contributed by atoms with Gasteiger partial charge in [-0.2, -0.15) is 0 Å². The number of hydrogen-bond acceptors (Lipinski definition) is 2. The second-order valence-corrected chi connectivity index (χ2v) is 4.82. The van der Waals surface area contributed by atoms with E-state index in [1.54, 1.807) is 7.11 Å². The first-order valence-corrected chi connectivity index (χ1v) is 6.93. The van der Waals surface area contributed by atoms with Crippen LogP contribution < -0.4 is 10.3 Å². The molecule has 0 saturated heterocycles. The highest BCUT2D eigenvalue weighted by Crippen LogP contribution is 2.25. The molecule has 2 rings (SSSR count). The van der Waals surface area contributed by atoms with Crippen molar-refractivity contribution in [3.63, 3.8) is 0 Å². The summed E-state index contributed by atoms with van der Waals surface area (Å²) in [5.41, 5.74) is 2.34. The molecule has 0 aliphatic carbocycles. The van der Waals surface area contributed by atoms with Gasteiger partial charge in [0.15, 0.2) is 0 Å². The Bertz CT molecular complexity index is 628. The second kappa shape index (κ2) is 5.91. The van der Waals surface area contributed by atoms with Crippen LogP contribution in [-0.4, -0.2) is 12.1 Å². The fraction of sp³-hybridized carbons (Fsp3) is 0.438. The maximum atomic E-state index is 12.1. The lowest BCUT2D eigenvalue weighted by atomic mass is 9.98. The number of rotatable bonds is 5. The summed E-state index contributed by atoms with van der Waals surface area (Å²) in [4.78, 5) is 15.2. The van der Waals surface area contributed by atoms with E-state index >= 15 is 0 Å². The molecule has 19 heavy (non-hydrogen) atoms. The van der Waals surface area contributed by atoms with E-state index < -0.39 is 0 Å². The van der Waals surface area contributed by atoms with E-state index in [1.807, 2.05) is 18.2 Å². The van der Waals surface area contributed by atoms with Crippen LogP contribution in [-0.2, 0) is 12.8 Å². The van der Waals surface area contributed by atoms with Crippen LogP contribution in [0, 0.1) is 0 Å². The first-order chi connectivity index (χ1) is 9.21. The Morgan fingerprint density at radius 2 is 1.84 bits per heavy atom. The lowest BCUT2D eigenvalue weighted by Gasteiger charge is -2.12. The molecule has 1 N–H and O–H groups in total. The van der Waals surface area contributed by atoms with Gasteiger partial charge in [0.1, 0.15) is 5.75 Å². The van der Waals surface area contributed by atoms with Crippen LogP contribution in [0.4, 0.5) is 0 Å². The summed E-state index contributed by atoms with van der Waals surface area (Å²) in [6, 6.07) is 5.67. The van der Waals surface area contributed by atoms with E-state index in [0.717, 1.165) is 47.9 Å². The summed E-state index contributed by atoms with van der Waals surface area (Å²) >= 11 is 0. The second-order valence-electron chi connectivity index (χ2n) is 4.82. The van der Waals surface area contributed by atoms with Gasteiger partial charge in [-0.25, -0.2) is 0 Å². The molecule has 0 aliphatic heterocycles. The quantitative estimate of drug-likeness (QED) is 0.893. The standard InChI is InChI=1S/C16H21NO2/c1-4-6-12-14-10-11(19-3)8-9-13(14)16(18)17-15(12)7-5-2/h8-10H,4-7H2,1-3H3,(H,17,18). The molecule has 1 aromatic heterocycles. The first kappa shape index (κ1) is 13.7. The number of hydrogen-bond donors (Lipinski definition) is 1. The molecule has 0 atom stereocenters. The van der Waals surface area contributed by atoms with Gasteiger partial charge in [0.25, 0.3) is 5.56 Å². The van der Waals surface area contributed by atoms with E-state index in [9.17, 15) is 4.79 Å². The van der Waals surface area contributed by atoms with Gasteiger partial charge in [-0.15, -0.1) is 0 Å². The van der Waals surface area contributed by atoms with Crippen molar-refractivity contribution < 1.29 is 4.74 Å². The van der Waals surface area contributed by atoms with E-state index in [4.69, 9.17) is 4.74 Å². The molecular formula is C16H21NO2. The molecule has 0 aliphatic rings. The van der Waals surface area contributed by atoms with Crippen molar-refractivity contribution in [2.24, 2.45) is 0 Å². The number of pyridine rings is 1. The van der Waals surface area contributed by atoms with Crippen LogP contribution in [0.25, 0.3) is 10.8 Å². The smallest absolute Gasteiger partial charge is 0.256 e. The Labute approximate surface area is 113 Å². The molecule has 3 nitrogen and oxygen atoms in total. The number of aromatic amines is 1. The zero-order valence-electron chi connectivity index (χ0n) is 11.9. The Morgan fingerprint density at radius 3 is 2.47 bits per heavy atom. The lowest BCUT2D eigenvalue weighted by molar-refractivity contribution is 0.415. The van der Waals surface area contributed by atoms with Gasteiger partial charge in [0, 0.05) is 11.1 Å². The molecule has 0 spiro atoms. The average Bonchev–Trinajstić information content (AvgIpc) is 2.43. The number of benzene rings is 1. The van der Waals surface area contributed by atoms with Crippen LogP contribution >= 0.6 is 0 Å². The number of aryl methyl sites for hydroxylation is 2. The van der Waals surface area contributed by atoms with Crippen LogP contribution in [0.5, 0.6) is 5.75 Å². The predicted octanol–water partition coefficient (Wildman–Crippen LogP) is 3.44. The summed E-state index contributed by atoms with van der Waals surface area (Å²) in [6.07, 6.45) is 3.99. The third-order valence-corrected chi connectivity index (χ3v) is 3.43. The summed E-state index contributed by atoms with van der Waals surface area (Å²) in [5.74, 6) is 0.804. The van der Waals surface area contributed by atoms with Gasteiger partial charge in [-0.3, -0.25) is 4.79 Å². The number of methoxy groups -OCH3 is 1. The summed E-state index contributed by atoms with van der Waals surface area (Å²) in [6.45, 7) is 4.29. The van der Waals surface area contributed by atoms with E-state index in [-0.39, 0.29) is 5.56 Å². The van der Waals surface area contributed by atoms with Gasteiger partial charge < -0.3 is 9.72 Å². The Hall–Kier alpha value is -1.77. The third-order valence-electron chi connectivity index (χ3n) is 3.43. The van der Waals surface area contributed by atoms with E-state index in [0.29, 0.717) is 0 Å². The summed E-state index contributed by atoms with van der Waals surface area (Å²) < 4.78 is 5.28. The molecule has 0 saturated carbocycles. The highest BCUT2D eigenvalue weighted by molar-refractivity contribution is 5.86. The van der Waals surface area contributed by atoms with Crippen molar-refractivity contribution >= 4 is 10.8 Å². The van der Waals surface area contributed by atoms with Crippen molar-refractivity contribution in [1.29, 1.82) is 0 Å². The van der Waals surface area contributed by atoms with Crippen molar-refractivity contribution in [2.45, 2.75) is 39.5 Å². The molecule has 1 heterocycles. The Balaban J connectivity index is 2.75. The van der Waals surface area contributed by atoms with Crippen LogP contribution in [0.2, 0.25) is 0 Å². The van der Waals surface area contributed by atoms with Crippen molar-refractivity contribution in [1.82, 2.24) is 4.98 Å². The van der Waals surface area contributed by atoms with Gasteiger partial charge in [0.2, 0.25) is 0 Å². The topological polar surface area (TPSA) is 42.1 Å². The molecule has 2 aromatic rings. The zero-order valence-corrected chi connectivity index (χ0v) is 11.9. The SMILES string of the molecule is CCCc1[nH]c(=O)c2ccc(OC)cc2c1CCC. The summed E-state index contributed by atoms with van der Waals surface area (Å²) in [5, 5.41) is 1.79. The molecule has 1 aromatic carbocycles. The first-order valence-electron chi connectivity index (χ1n) is 6.93. The average molecular weight is 259 g/mol. The van der Waals surface area contributed by atoms with Gasteiger partial charge in [-0.1, -0.05) is 26.7 Å². The number of aromatic nitrogens is 1. The maximum absolute atomic E-state index is 12.1. The molecule has 0 fully saturated rings. The van der Waals surface area contributed by atoms with Crippen LogP contribution in [0.3, 0.4) is 0 Å². The monoisotopic (exact) mass is 259 g/mol. The normalized spacial score (nSPS) is 10.9. The van der Waals surface area contributed by atoms with Crippen LogP contribution in [0.1, 0.15) is 37.9 Å². The number of ether oxygens (including phenoxy) is 1. The largest absolute Gasteiger partial charge is 0.497 e. The van der Waals surface area contributed by atoms with Crippen molar-refractivity contribution in [3.05, 3.63) is 39.8 Å². The molecular weight excluding hydrogens is 238 g/mol. The van der Waals surface area contributed by atoms with Gasteiger partial charge in [0.05, 0.1) is 7.11 Å². The van der Waals surface area contributed by atoms with E-state index in [1.165, 1.54) is 5.56 Å². The van der Waals surface area contributed by atoms with Gasteiger partial charge in [-0.05, 0) is 42.0 Å².